The summed E-state index contributed by atoms with van der Waals surface area (Å²) in [4.78, 5) is 15.7. The number of hydrogen-bond donors (Lipinski definition) is 3. The average molecular weight is 263 g/mol. The molecule has 0 aliphatic heterocycles. The van der Waals surface area contributed by atoms with Crippen molar-refractivity contribution in [1.82, 2.24) is 10.3 Å². The molecule has 0 spiro atoms. The van der Waals surface area contributed by atoms with Crippen molar-refractivity contribution in [2.75, 3.05) is 31.3 Å². The molecule has 1 rings (SSSR count). The van der Waals surface area contributed by atoms with Gasteiger partial charge in [0.15, 0.2) is 5.69 Å². The summed E-state index contributed by atoms with van der Waals surface area (Å²) in [5.74, 6) is 0.259. The average Bonchev–Trinajstić information content (AvgIpc) is 2.41. The molecule has 19 heavy (non-hydrogen) atoms. The van der Waals surface area contributed by atoms with Crippen LogP contribution >= 0.6 is 0 Å². The number of nitriles is 1. The molecule has 7 nitrogen and oxygen atoms in total. The van der Waals surface area contributed by atoms with Crippen LogP contribution in [-0.4, -0.2) is 37.2 Å². The van der Waals surface area contributed by atoms with E-state index in [1.165, 1.54) is 0 Å². The van der Waals surface area contributed by atoms with Gasteiger partial charge in [0.1, 0.15) is 17.9 Å². The van der Waals surface area contributed by atoms with Gasteiger partial charge >= 0.3 is 0 Å². The molecule has 0 aromatic carbocycles. The van der Waals surface area contributed by atoms with Crippen molar-refractivity contribution < 1.29 is 9.53 Å². The molecule has 0 fully saturated rings. The standard InChI is InChI=1S/C12H17N5O2/c1-8(12(18)15-5-6-19-2)16-11-4-3-9(14)10(7-13)17-11/h3-4,8H,5-6,14H2,1-2H3,(H,15,18)(H,16,17). The normalized spacial score (nSPS) is 11.4. The molecule has 1 aromatic rings. The molecule has 1 aromatic heterocycles. The predicted molar refractivity (Wildman–Crippen MR) is 71.3 cm³/mol. The number of anilines is 2. The number of rotatable bonds is 6. The molecule has 0 saturated carbocycles. The number of carbonyl (C=O) groups is 1. The first-order chi connectivity index (χ1) is 9.08. The Kier molecular flexibility index (Phi) is 5.57. The minimum absolute atomic E-state index is 0.136. The van der Waals surface area contributed by atoms with Crippen molar-refractivity contribution >= 4 is 17.4 Å². The van der Waals surface area contributed by atoms with E-state index in [-0.39, 0.29) is 11.6 Å². The fraction of sp³-hybridized carbons (Fsp3) is 0.417. The van der Waals surface area contributed by atoms with Gasteiger partial charge in [0.25, 0.3) is 0 Å². The third-order valence-electron chi connectivity index (χ3n) is 2.40. The molecule has 0 aliphatic rings. The van der Waals surface area contributed by atoms with E-state index in [1.54, 1.807) is 26.2 Å². The van der Waals surface area contributed by atoms with Crippen molar-refractivity contribution in [3.8, 4) is 6.07 Å². The van der Waals surface area contributed by atoms with E-state index < -0.39 is 6.04 Å². The summed E-state index contributed by atoms with van der Waals surface area (Å²) in [6.45, 7) is 2.60. The third kappa shape index (κ3) is 4.44. The Morgan fingerprint density at radius 1 is 1.63 bits per heavy atom. The molecule has 102 valence electrons. The van der Waals surface area contributed by atoms with Crippen LogP contribution in [-0.2, 0) is 9.53 Å². The number of nitrogens with one attached hydrogen (secondary N) is 2. The summed E-state index contributed by atoms with van der Waals surface area (Å²) in [5, 5.41) is 14.4. The first kappa shape index (κ1) is 14.7. The van der Waals surface area contributed by atoms with Crippen LogP contribution in [0.1, 0.15) is 12.6 Å². The third-order valence-corrected chi connectivity index (χ3v) is 2.40. The Morgan fingerprint density at radius 2 is 2.37 bits per heavy atom. The number of amides is 1. The van der Waals surface area contributed by atoms with Gasteiger partial charge in [-0.15, -0.1) is 0 Å². The first-order valence-corrected chi connectivity index (χ1v) is 5.78. The Balaban J connectivity index is 2.59. The Morgan fingerprint density at radius 3 is 3.00 bits per heavy atom. The highest BCUT2D eigenvalue weighted by atomic mass is 16.5. The summed E-state index contributed by atoms with van der Waals surface area (Å²) in [5.41, 5.74) is 6.01. The van der Waals surface area contributed by atoms with Crippen molar-refractivity contribution in [2.24, 2.45) is 0 Å². The molecule has 1 amide bonds. The van der Waals surface area contributed by atoms with Crippen LogP contribution in [0.3, 0.4) is 0 Å². The number of nitrogen functional groups attached to an aromatic ring is 1. The molecule has 4 N–H and O–H groups in total. The number of nitrogens with zero attached hydrogens (tertiary/aromatic N) is 2. The second kappa shape index (κ2) is 7.18. The number of aromatic nitrogens is 1. The van der Waals surface area contributed by atoms with Crippen LogP contribution in [0.4, 0.5) is 11.5 Å². The van der Waals surface area contributed by atoms with Gasteiger partial charge in [0.2, 0.25) is 5.91 Å². The van der Waals surface area contributed by atoms with Gasteiger partial charge in [-0.1, -0.05) is 0 Å². The maximum atomic E-state index is 11.7. The molecule has 0 bridgehead atoms. The van der Waals surface area contributed by atoms with Crippen LogP contribution in [0.25, 0.3) is 0 Å². The number of methoxy groups -OCH3 is 1. The van der Waals surface area contributed by atoms with Gasteiger partial charge in [-0.05, 0) is 19.1 Å². The summed E-state index contributed by atoms with van der Waals surface area (Å²) in [6.07, 6.45) is 0. The fourth-order valence-corrected chi connectivity index (χ4v) is 1.36. The van der Waals surface area contributed by atoms with Crippen LogP contribution in [0.2, 0.25) is 0 Å². The van der Waals surface area contributed by atoms with Gasteiger partial charge in [-0.2, -0.15) is 5.26 Å². The second-order valence-electron chi connectivity index (χ2n) is 3.90. The van der Waals surface area contributed by atoms with Crippen LogP contribution in [0, 0.1) is 11.3 Å². The smallest absolute Gasteiger partial charge is 0.242 e. The number of nitrogens with two attached hydrogens (primary N) is 1. The lowest BCUT2D eigenvalue weighted by atomic mass is 10.2. The summed E-state index contributed by atoms with van der Waals surface area (Å²) in [7, 11) is 1.57. The zero-order valence-corrected chi connectivity index (χ0v) is 10.9. The molecule has 0 radical (unpaired) electrons. The van der Waals surface area contributed by atoms with Crippen molar-refractivity contribution in [2.45, 2.75) is 13.0 Å². The quantitative estimate of drug-likeness (QED) is 0.627. The predicted octanol–water partition coefficient (Wildman–Crippen LogP) is 0.0985. The van der Waals surface area contributed by atoms with E-state index in [0.717, 1.165) is 0 Å². The largest absolute Gasteiger partial charge is 0.396 e. The lowest BCUT2D eigenvalue weighted by Crippen LogP contribution is -2.39. The van der Waals surface area contributed by atoms with E-state index in [9.17, 15) is 4.79 Å². The van der Waals surface area contributed by atoms with E-state index in [4.69, 9.17) is 15.7 Å². The van der Waals surface area contributed by atoms with Gasteiger partial charge in [0.05, 0.1) is 12.3 Å². The van der Waals surface area contributed by atoms with E-state index >= 15 is 0 Å². The SMILES string of the molecule is COCCNC(=O)C(C)Nc1ccc(N)c(C#N)n1. The van der Waals surface area contributed by atoms with E-state index in [2.05, 4.69) is 15.6 Å². The summed E-state index contributed by atoms with van der Waals surface area (Å²) >= 11 is 0. The molecule has 1 heterocycles. The number of hydrogen-bond acceptors (Lipinski definition) is 6. The highest BCUT2D eigenvalue weighted by molar-refractivity contribution is 5.83. The highest BCUT2D eigenvalue weighted by Crippen LogP contribution is 2.12. The Bertz CT molecular complexity index is 483. The fourth-order valence-electron chi connectivity index (χ4n) is 1.36. The van der Waals surface area contributed by atoms with Gasteiger partial charge in [0, 0.05) is 13.7 Å². The van der Waals surface area contributed by atoms with Crippen LogP contribution < -0.4 is 16.4 Å². The van der Waals surface area contributed by atoms with Crippen molar-refractivity contribution in [3.63, 3.8) is 0 Å². The molecule has 0 saturated heterocycles. The topological polar surface area (TPSA) is 113 Å². The number of pyridine rings is 1. The molecular weight excluding hydrogens is 246 g/mol. The summed E-state index contributed by atoms with van der Waals surface area (Å²) in [6, 6.07) is 4.61. The van der Waals surface area contributed by atoms with Gasteiger partial charge in [-0.25, -0.2) is 4.98 Å². The van der Waals surface area contributed by atoms with Crippen molar-refractivity contribution in [1.29, 1.82) is 5.26 Å². The maximum absolute atomic E-state index is 11.7. The Labute approximate surface area is 111 Å². The molecule has 0 aliphatic carbocycles. The lowest BCUT2D eigenvalue weighted by molar-refractivity contribution is -0.121. The van der Waals surface area contributed by atoms with Crippen LogP contribution in [0.15, 0.2) is 12.1 Å². The second-order valence-corrected chi connectivity index (χ2v) is 3.90. The molecule has 7 heteroatoms. The zero-order chi connectivity index (χ0) is 14.3. The van der Waals surface area contributed by atoms with Gasteiger partial charge in [-0.3, -0.25) is 4.79 Å². The van der Waals surface area contributed by atoms with Gasteiger partial charge < -0.3 is 21.1 Å². The molecular formula is C12H17N5O2. The van der Waals surface area contributed by atoms with E-state index in [1.807, 2.05) is 6.07 Å². The highest BCUT2D eigenvalue weighted by Gasteiger charge is 2.13. The van der Waals surface area contributed by atoms with Crippen molar-refractivity contribution in [3.05, 3.63) is 17.8 Å². The van der Waals surface area contributed by atoms with E-state index in [0.29, 0.717) is 24.7 Å². The lowest BCUT2D eigenvalue weighted by Gasteiger charge is -2.14. The first-order valence-electron chi connectivity index (χ1n) is 5.78. The number of ether oxygens (including phenoxy) is 1. The minimum Gasteiger partial charge on any atom is -0.396 e. The molecule has 1 unspecified atom stereocenters. The number of carbonyl (C=O) groups excluding carboxylic acids is 1. The summed E-state index contributed by atoms with van der Waals surface area (Å²) < 4.78 is 4.84. The minimum atomic E-state index is -0.473. The maximum Gasteiger partial charge on any atom is 0.242 e. The molecule has 1 atom stereocenters. The Hall–Kier alpha value is -2.33. The monoisotopic (exact) mass is 263 g/mol. The zero-order valence-electron chi connectivity index (χ0n) is 10.9. The van der Waals surface area contributed by atoms with Crippen LogP contribution in [0.5, 0.6) is 0 Å².